The monoisotopic (exact) mass is 446 g/mol. The number of aryl methyl sites for hydroxylation is 2. The van der Waals surface area contributed by atoms with Gasteiger partial charge in [-0.05, 0) is 66.9 Å². The Labute approximate surface area is 174 Å². The minimum Gasteiger partial charge on any atom is -0.379 e. The van der Waals surface area contributed by atoms with Crippen molar-refractivity contribution >= 4 is 28.1 Å². The molecule has 6 nitrogen and oxygen atoms in total. The van der Waals surface area contributed by atoms with Crippen molar-refractivity contribution in [1.82, 2.24) is 14.9 Å². The van der Waals surface area contributed by atoms with Gasteiger partial charge in [0.1, 0.15) is 0 Å². The highest BCUT2D eigenvalue weighted by molar-refractivity contribution is 9.10. The van der Waals surface area contributed by atoms with Gasteiger partial charge in [-0.25, -0.2) is 5.43 Å². The fraction of sp³-hybridized carbons (Fsp3) is 0.429. The largest absolute Gasteiger partial charge is 0.379 e. The van der Waals surface area contributed by atoms with Gasteiger partial charge in [0, 0.05) is 40.2 Å². The van der Waals surface area contributed by atoms with Crippen LogP contribution in [0.1, 0.15) is 28.1 Å². The van der Waals surface area contributed by atoms with Gasteiger partial charge in [-0.1, -0.05) is 6.07 Å². The number of amides is 1. The van der Waals surface area contributed by atoms with E-state index in [1.54, 1.807) is 6.21 Å². The third kappa shape index (κ3) is 4.54. The van der Waals surface area contributed by atoms with Gasteiger partial charge in [0.25, 0.3) is 5.91 Å². The summed E-state index contributed by atoms with van der Waals surface area (Å²) in [6.07, 6.45) is 1.71. The van der Waals surface area contributed by atoms with E-state index in [2.05, 4.69) is 81.8 Å². The van der Waals surface area contributed by atoms with Crippen LogP contribution in [0.4, 0.5) is 0 Å². The molecule has 1 N–H and O–H groups in total. The first kappa shape index (κ1) is 20.8. The summed E-state index contributed by atoms with van der Waals surface area (Å²) in [7, 11) is 0. The minimum absolute atomic E-state index is 0.114. The first-order chi connectivity index (χ1) is 13.4. The molecular formula is C21H27BrN4O2. The Morgan fingerprint density at radius 1 is 1.18 bits per heavy atom. The number of nitrogens with one attached hydrogen (secondary N) is 1. The van der Waals surface area contributed by atoms with Gasteiger partial charge < -0.3 is 9.30 Å². The third-order valence-electron chi connectivity index (χ3n) is 5.22. The van der Waals surface area contributed by atoms with E-state index in [4.69, 9.17) is 4.74 Å². The maximum atomic E-state index is 12.1. The van der Waals surface area contributed by atoms with Crippen molar-refractivity contribution in [2.45, 2.75) is 27.7 Å². The number of morpholine rings is 1. The number of hydrogen-bond acceptors (Lipinski definition) is 4. The van der Waals surface area contributed by atoms with Gasteiger partial charge >= 0.3 is 0 Å². The molecule has 0 unspecified atom stereocenters. The lowest BCUT2D eigenvalue weighted by molar-refractivity contribution is -0.123. The summed E-state index contributed by atoms with van der Waals surface area (Å²) in [5.41, 5.74) is 9.41. The number of hydrazone groups is 1. The van der Waals surface area contributed by atoms with E-state index in [-0.39, 0.29) is 5.91 Å². The van der Waals surface area contributed by atoms with E-state index in [0.29, 0.717) is 19.8 Å². The molecule has 7 heteroatoms. The molecule has 1 fully saturated rings. The molecule has 0 saturated carbocycles. The topological polar surface area (TPSA) is 58.9 Å². The van der Waals surface area contributed by atoms with Gasteiger partial charge in [-0.2, -0.15) is 5.10 Å². The summed E-state index contributed by atoms with van der Waals surface area (Å²) >= 11 is 3.68. The molecule has 1 amide bonds. The van der Waals surface area contributed by atoms with Gasteiger partial charge in [0.05, 0.1) is 26.0 Å². The lowest BCUT2D eigenvalue weighted by atomic mass is 10.1. The fourth-order valence-corrected chi connectivity index (χ4v) is 3.96. The van der Waals surface area contributed by atoms with Crippen LogP contribution in [0.5, 0.6) is 0 Å². The number of benzene rings is 1. The summed E-state index contributed by atoms with van der Waals surface area (Å²) in [6.45, 7) is 11.6. The van der Waals surface area contributed by atoms with Crippen LogP contribution in [0, 0.1) is 27.7 Å². The van der Waals surface area contributed by atoms with Gasteiger partial charge in [-0.3, -0.25) is 9.69 Å². The van der Waals surface area contributed by atoms with Crippen LogP contribution in [-0.2, 0) is 9.53 Å². The van der Waals surface area contributed by atoms with Crippen LogP contribution in [0.25, 0.3) is 5.69 Å². The van der Waals surface area contributed by atoms with E-state index < -0.39 is 0 Å². The molecule has 28 heavy (non-hydrogen) atoms. The maximum absolute atomic E-state index is 12.1. The summed E-state index contributed by atoms with van der Waals surface area (Å²) in [6, 6.07) is 6.45. The van der Waals surface area contributed by atoms with Crippen LogP contribution in [0.3, 0.4) is 0 Å². The highest BCUT2D eigenvalue weighted by Crippen LogP contribution is 2.30. The predicted octanol–water partition coefficient (Wildman–Crippen LogP) is 3.26. The molecule has 0 atom stereocenters. The Hall–Kier alpha value is -1.96. The summed E-state index contributed by atoms with van der Waals surface area (Å²) < 4.78 is 8.48. The minimum atomic E-state index is -0.114. The number of carbonyl (C=O) groups is 1. The molecule has 0 radical (unpaired) electrons. The molecular weight excluding hydrogens is 420 g/mol. The van der Waals surface area contributed by atoms with E-state index in [1.165, 1.54) is 11.1 Å². The molecule has 2 aromatic rings. The average Bonchev–Trinajstić information content (AvgIpc) is 2.88. The van der Waals surface area contributed by atoms with Crippen molar-refractivity contribution in [2.75, 3.05) is 32.8 Å². The Bertz CT molecular complexity index is 898. The summed E-state index contributed by atoms with van der Waals surface area (Å²) in [5.74, 6) is -0.114. The van der Waals surface area contributed by atoms with Gasteiger partial charge in [0.15, 0.2) is 0 Å². The Morgan fingerprint density at radius 3 is 2.57 bits per heavy atom. The molecule has 3 rings (SSSR count). The molecule has 0 bridgehead atoms. The maximum Gasteiger partial charge on any atom is 0.254 e. The number of halogens is 1. The van der Waals surface area contributed by atoms with Crippen molar-refractivity contribution in [3.05, 3.63) is 50.8 Å². The van der Waals surface area contributed by atoms with Gasteiger partial charge in [0.2, 0.25) is 0 Å². The van der Waals surface area contributed by atoms with Crippen molar-refractivity contribution in [3.8, 4) is 5.69 Å². The highest BCUT2D eigenvalue weighted by Gasteiger charge is 2.17. The molecule has 150 valence electrons. The molecule has 1 aromatic carbocycles. The van der Waals surface area contributed by atoms with Crippen molar-refractivity contribution in [3.63, 3.8) is 0 Å². The second kappa shape index (κ2) is 9.03. The molecule has 0 aliphatic carbocycles. The first-order valence-corrected chi connectivity index (χ1v) is 10.2. The first-order valence-electron chi connectivity index (χ1n) is 9.45. The van der Waals surface area contributed by atoms with E-state index >= 15 is 0 Å². The average molecular weight is 447 g/mol. The van der Waals surface area contributed by atoms with E-state index in [9.17, 15) is 4.79 Å². The van der Waals surface area contributed by atoms with Crippen LogP contribution >= 0.6 is 15.9 Å². The predicted molar refractivity (Wildman–Crippen MR) is 115 cm³/mol. The van der Waals surface area contributed by atoms with Crippen LogP contribution in [0.2, 0.25) is 0 Å². The molecule has 1 aromatic heterocycles. The second-order valence-electron chi connectivity index (χ2n) is 7.18. The Balaban J connectivity index is 1.74. The van der Waals surface area contributed by atoms with E-state index in [0.717, 1.165) is 40.2 Å². The van der Waals surface area contributed by atoms with Gasteiger partial charge in [-0.15, -0.1) is 0 Å². The number of rotatable bonds is 5. The zero-order valence-corrected chi connectivity index (χ0v) is 18.5. The molecule has 1 aliphatic rings. The Morgan fingerprint density at radius 2 is 1.89 bits per heavy atom. The van der Waals surface area contributed by atoms with Crippen LogP contribution in [0.15, 0.2) is 27.8 Å². The quantitative estimate of drug-likeness (QED) is 0.566. The normalized spacial score (nSPS) is 15.3. The van der Waals surface area contributed by atoms with Crippen LogP contribution < -0.4 is 5.43 Å². The van der Waals surface area contributed by atoms with Crippen molar-refractivity contribution < 1.29 is 9.53 Å². The second-order valence-corrected chi connectivity index (χ2v) is 7.98. The Kier molecular flexibility index (Phi) is 6.69. The number of nitrogens with zero attached hydrogens (tertiary/aromatic N) is 3. The number of hydrogen-bond donors (Lipinski definition) is 1. The lowest BCUT2D eigenvalue weighted by Crippen LogP contribution is -2.42. The van der Waals surface area contributed by atoms with Crippen molar-refractivity contribution in [2.24, 2.45) is 5.10 Å². The molecule has 0 spiro atoms. The lowest BCUT2D eigenvalue weighted by Gasteiger charge is -2.25. The highest BCUT2D eigenvalue weighted by atomic mass is 79.9. The third-order valence-corrected chi connectivity index (χ3v) is 6.22. The summed E-state index contributed by atoms with van der Waals surface area (Å²) in [5, 5.41) is 4.18. The number of carbonyl (C=O) groups excluding carboxylic acids is 1. The molecule has 1 aliphatic heterocycles. The fourth-order valence-electron chi connectivity index (χ4n) is 3.39. The SMILES string of the molecule is Cc1ccc(-n2c(C)c(Br)c(/C=N\NC(=O)CN3CCOCC3)c2C)cc1C. The van der Waals surface area contributed by atoms with Crippen LogP contribution in [-0.4, -0.2) is 54.4 Å². The zero-order valence-electron chi connectivity index (χ0n) is 16.9. The zero-order chi connectivity index (χ0) is 20.3. The molecule has 2 heterocycles. The number of aromatic nitrogens is 1. The van der Waals surface area contributed by atoms with Crippen molar-refractivity contribution in [1.29, 1.82) is 0 Å². The number of ether oxygens (including phenoxy) is 1. The van der Waals surface area contributed by atoms with E-state index in [1.807, 2.05) is 0 Å². The molecule has 1 saturated heterocycles. The smallest absolute Gasteiger partial charge is 0.254 e. The summed E-state index contributed by atoms with van der Waals surface area (Å²) in [4.78, 5) is 14.2. The standard InChI is InChI=1S/C21H27BrN4O2/c1-14-5-6-18(11-15(14)2)26-16(3)19(21(22)17(26)4)12-23-24-20(27)13-25-7-9-28-10-8-25/h5-6,11-12H,7-10,13H2,1-4H3,(H,24,27)/b23-12-.